The molecule has 7 nitrogen and oxygen atoms in total. The Kier molecular flexibility index (Phi) is 7.97. The van der Waals surface area contributed by atoms with Crippen LogP contribution in [0.2, 0.25) is 0 Å². The van der Waals surface area contributed by atoms with E-state index in [4.69, 9.17) is 4.74 Å². The first-order valence-electron chi connectivity index (χ1n) is 15.7. The molecule has 2 bridgehead atoms. The number of fused-ring (bicyclic) bond motifs is 1. The number of nitrogens with one attached hydrogen (secondary N) is 2. The summed E-state index contributed by atoms with van der Waals surface area (Å²) in [7, 11) is 0. The number of hydrogen-bond donors (Lipinski definition) is 2. The van der Waals surface area contributed by atoms with E-state index in [9.17, 15) is 14.4 Å². The lowest BCUT2D eigenvalue weighted by Gasteiger charge is -2.36. The van der Waals surface area contributed by atoms with Crippen LogP contribution in [0.15, 0.2) is 66.7 Å². The fourth-order valence-electron chi connectivity index (χ4n) is 7.54. The van der Waals surface area contributed by atoms with Crippen LogP contribution in [0.3, 0.4) is 0 Å². The molecule has 42 heavy (non-hydrogen) atoms. The Morgan fingerprint density at radius 2 is 1.69 bits per heavy atom. The second-order valence-corrected chi connectivity index (χ2v) is 12.9. The molecule has 0 radical (unpaired) electrons. The van der Waals surface area contributed by atoms with E-state index in [2.05, 4.69) is 36.6 Å². The van der Waals surface area contributed by atoms with Crippen molar-refractivity contribution >= 4 is 23.4 Å². The second-order valence-electron chi connectivity index (χ2n) is 12.9. The summed E-state index contributed by atoms with van der Waals surface area (Å²) in [4.78, 5) is 44.0. The summed E-state index contributed by atoms with van der Waals surface area (Å²) in [6, 6.07) is 17.1. The van der Waals surface area contributed by atoms with Gasteiger partial charge in [0.1, 0.15) is 11.6 Å². The Morgan fingerprint density at radius 3 is 2.38 bits per heavy atom. The van der Waals surface area contributed by atoms with Gasteiger partial charge in [0.2, 0.25) is 17.7 Å². The molecule has 2 N–H and O–H groups in total. The third-order valence-corrected chi connectivity index (χ3v) is 9.83. The van der Waals surface area contributed by atoms with Crippen molar-refractivity contribution in [3.8, 4) is 0 Å². The molecule has 3 aliphatic heterocycles. The molecule has 2 aromatic carbocycles. The first kappa shape index (κ1) is 28.7. The van der Waals surface area contributed by atoms with E-state index in [0.29, 0.717) is 18.0 Å². The van der Waals surface area contributed by atoms with E-state index in [1.165, 1.54) is 17.5 Å². The molecule has 0 unspecified atom stereocenters. The molecule has 1 spiro atoms. The second kappa shape index (κ2) is 11.7. The minimum atomic E-state index is -1.15. The van der Waals surface area contributed by atoms with Crippen LogP contribution in [0, 0.1) is 11.8 Å². The highest BCUT2D eigenvalue weighted by atomic mass is 16.5. The van der Waals surface area contributed by atoms with E-state index < -0.39 is 29.6 Å². The predicted octanol–water partition coefficient (Wildman–Crippen LogP) is 5.37. The molecule has 0 aromatic heterocycles. The fraction of sp³-hybridized carbons (Fsp3) is 0.514. The monoisotopic (exact) mass is 569 g/mol. The third-order valence-electron chi connectivity index (χ3n) is 9.83. The zero-order valence-corrected chi connectivity index (χ0v) is 24.9. The minimum absolute atomic E-state index is 0.105. The third kappa shape index (κ3) is 5.17. The molecule has 2 saturated heterocycles. The minimum Gasteiger partial charge on any atom is -0.359 e. The molecule has 1 aliphatic carbocycles. The van der Waals surface area contributed by atoms with Crippen molar-refractivity contribution in [1.82, 2.24) is 10.2 Å². The van der Waals surface area contributed by atoms with Crippen LogP contribution in [-0.4, -0.2) is 52.5 Å². The Balaban J connectivity index is 1.27. The van der Waals surface area contributed by atoms with Crippen LogP contribution < -0.4 is 10.6 Å². The van der Waals surface area contributed by atoms with Crippen molar-refractivity contribution in [2.75, 3.05) is 5.32 Å². The molecule has 6 rings (SSSR count). The van der Waals surface area contributed by atoms with E-state index >= 15 is 0 Å². The van der Waals surface area contributed by atoms with Gasteiger partial charge in [-0.2, -0.15) is 0 Å². The van der Waals surface area contributed by atoms with Gasteiger partial charge in [0.25, 0.3) is 0 Å². The molecule has 4 aliphatic rings. The van der Waals surface area contributed by atoms with Crippen LogP contribution in [-0.2, 0) is 25.5 Å². The highest BCUT2D eigenvalue weighted by molar-refractivity contribution is 6.03. The number of carbonyl (C=O) groups is 3. The summed E-state index contributed by atoms with van der Waals surface area (Å²) >= 11 is 0. The number of hydrogen-bond acceptors (Lipinski definition) is 4. The van der Waals surface area contributed by atoms with Gasteiger partial charge in [-0.3, -0.25) is 14.4 Å². The average Bonchev–Trinajstić information content (AvgIpc) is 3.64. The van der Waals surface area contributed by atoms with Gasteiger partial charge in [-0.15, -0.1) is 0 Å². The molecular formula is C35H43N3O4. The smallest absolute Gasteiger partial charge is 0.246 e. The maximum atomic E-state index is 14.4. The van der Waals surface area contributed by atoms with Gasteiger partial charge in [0, 0.05) is 17.8 Å². The number of aryl methyl sites for hydroxylation is 1. The highest BCUT2D eigenvalue weighted by Gasteiger charge is 2.73. The first-order valence-corrected chi connectivity index (χ1v) is 15.7. The van der Waals surface area contributed by atoms with Crippen molar-refractivity contribution in [2.24, 2.45) is 11.8 Å². The number of anilines is 1. The van der Waals surface area contributed by atoms with Crippen molar-refractivity contribution in [3.05, 3.63) is 77.9 Å². The molecule has 3 amide bonds. The van der Waals surface area contributed by atoms with E-state index in [1.807, 2.05) is 61.5 Å². The Bertz CT molecular complexity index is 1330. The van der Waals surface area contributed by atoms with Crippen LogP contribution in [0.5, 0.6) is 0 Å². The Hall–Kier alpha value is -3.45. The van der Waals surface area contributed by atoms with Crippen molar-refractivity contribution < 1.29 is 19.1 Å². The molecular weight excluding hydrogens is 526 g/mol. The lowest BCUT2D eigenvalue weighted by atomic mass is 9.74. The van der Waals surface area contributed by atoms with Crippen LogP contribution >= 0.6 is 0 Å². The molecule has 3 fully saturated rings. The van der Waals surface area contributed by atoms with Crippen molar-refractivity contribution in [2.45, 2.75) is 101 Å². The van der Waals surface area contributed by atoms with Crippen molar-refractivity contribution in [1.29, 1.82) is 0 Å². The lowest BCUT2D eigenvalue weighted by molar-refractivity contribution is -0.143. The van der Waals surface area contributed by atoms with Gasteiger partial charge >= 0.3 is 0 Å². The summed E-state index contributed by atoms with van der Waals surface area (Å²) in [6.07, 6.45) is 10.0. The number of amides is 3. The van der Waals surface area contributed by atoms with Crippen LogP contribution in [0.4, 0.5) is 5.69 Å². The largest absolute Gasteiger partial charge is 0.359 e. The average molecular weight is 570 g/mol. The Labute approximate surface area is 249 Å². The SMILES string of the molecule is CC(C)c1ccc(NC(=O)[C@H]2[C@H]3C=C[C@@]4(O3)[C@H]2C(=O)N([C@H](C)CCc2ccccc2)[C@@H]4C(=O)NC2CCCCC2)cc1. The van der Waals surface area contributed by atoms with E-state index in [-0.39, 0.29) is 29.8 Å². The summed E-state index contributed by atoms with van der Waals surface area (Å²) in [5.41, 5.74) is 1.92. The zero-order valence-electron chi connectivity index (χ0n) is 24.9. The van der Waals surface area contributed by atoms with Gasteiger partial charge in [0.05, 0.1) is 17.9 Å². The van der Waals surface area contributed by atoms with Gasteiger partial charge in [0.15, 0.2) is 0 Å². The van der Waals surface area contributed by atoms with Crippen LogP contribution in [0.1, 0.15) is 76.3 Å². The summed E-state index contributed by atoms with van der Waals surface area (Å²) < 4.78 is 6.55. The molecule has 222 valence electrons. The highest BCUT2D eigenvalue weighted by Crippen LogP contribution is 2.56. The van der Waals surface area contributed by atoms with Gasteiger partial charge in [-0.1, -0.05) is 87.7 Å². The van der Waals surface area contributed by atoms with Crippen LogP contribution in [0.25, 0.3) is 0 Å². The Morgan fingerprint density at radius 1 is 0.976 bits per heavy atom. The molecule has 3 heterocycles. The quantitative estimate of drug-likeness (QED) is 0.398. The first-order chi connectivity index (χ1) is 20.3. The lowest BCUT2D eigenvalue weighted by Crippen LogP contribution is -2.58. The fourth-order valence-corrected chi connectivity index (χ4v) is 7.54. The maximum absolute atomic E-state index is 14.4. The standard InChI is InChI=1S/C35H43N3O4/c1-22(2)25-16-18-27(19-17-25)36-32(39)29-28-20-21-35(42-28)30(29)34(41)38(23(3)14-15-24-10-6-4-7-11-24)31(35)33(40)37-26-12-8-5-9-13-26/h4,6-7,10-11,16-23,26,28-31H,5,8-9,12-15H2,1-3H3,(H,36,39)(H,37,40)/t23-,28-,29+,30-,31-,35-/m1/s1. The molecule has 1 saturated carbocycles. The van der Waals surface area contributed by atoms with E-state index in [0.717, 1.165) is 32.1 Å². The summed E-state index contributed by atoms with van der Waals surface area (Å²) in [6.45, 7) is 6.27. The zero-order chi connectivity index (χ0) is 29.4. The number of benzene rings is 2. The maximum Gasteiger partial charge on any atom is 0.246 e. The van der Waals surface area contributed by atoms with Crippen molar-refractivity contribution in [3.63, 3.8) is 0 Å². The van der Waals surface area contributed by atoms with Gasteiger partial charge < -0.3 is 20.3 Å². The molecule has 6 atom stereocenters. The number of nitrogens with zero attached hydrogens (tertiary/aromatic N) is 1. The van der Waals surface area contributed by atoms with Gasteiger partial charge in [-0.05, 0) is 61.8 Å². The number of rotatable bonds is 9. The normalized spacial score (nSPS) is 29.1. The predicted molar refractivity (Wildman–Crippen MR) is 163 cm³/mol. The van der Waals surface area contributed by atoms with Gasteiger partial charge in [-0.25, -0.2) is 0 Å². The topological polar surface area (TPSA) is 87.7 Å². The van der Waals surface area contributed by atoms with E-state index in [1.54, 1.807) is 4.90 Å². The number of ether oxygens (including phenoxy) is 1. The number of carbonyl (C=O) groups excluding carboxylic acids is 3. The number of likely N-dealkylation sites (tertiary alicyclic amines) is 1. The molecule has 7 heteroatoms. The summed E-state index contributed by atoms with van der Waals surface area (Å²) in [5, 5.41) is 6.32. The summed E-state index contributed by atoms with van der Waals surface area (Å²) in [5.74, 6) is -1.64. The molecule has 2 aromatic rings.